The molecule has 1 aromatic carbocycles. The van der Waals surface area contributed by atoms with E-state index in [1.807, 2.05) is 12.1 Å². The highest BCUT2D eigenvalue weighted by Gasteiger charge is 2.12. The predicted molar refractivity (Wildman–Crippen MR) is 65.5 cm³/mol. The number of rotatable bonds is 2. The molecule has 1 rings (SSSR count). The number of thiol groups is 1. The summed E-state index contributed by atoms with van der Waals surface area (Å²) in [4.78, 5) is 12.5. The standard InChI is InChI=1S/C12H17NOS/c1-12(2,3)8-13-11(14)9-4-6-10(15)7-5-9/h4-7,15H,8H2,1-3H3,(H,13,14). The molecule has 0 bridgehead atoms. The van der Waals surface area contributed by atoms with Crippen LogP contribution in [-0.4, -0.2) is 12.5 Å². The molecular formula is C12H17NOS. The molecule has 0 heterocycles. The predicted octanol–water partition coefficient (Wildman–Crippen LogP) is 2.75. The first-order chi connectivity index (χ1) is 6.88. The number of amides is 1. The first kappa shape index (κ1) is 12.1. The molecule has 0 saturated carbocycles. The Hall–Kier alpha value is -0.960. The molecule has 1 N–H and O–H groups in total. The smallest absolute Gasteiger partial charge is 0.251 e. The fourth-order valence-electron chi connectivity index (χ4n) is 1.06. The minimum absolute atomic E-state index is 0.0294. The molecule has 0 aliphatic heterocycles. The first-order valence-electron chi connectivity index (χ1n) is 4.96. The van der Waals surface area contributed by atoms with Gasteiger partial charge in [0.25, 0.3) is 5.91 Å². The molecule has 0 unspecified atom stereocenters. The van der Waals surface area contributed by atoms with Gasteiger partial charge in [0.15, 0.2) is 0 Å². The summed E-state index contributed by atoms with van der Waals surface area (Å²) >= 11 is 4.17. The van der Waals surface area contributed by atoms with E-state index in [2.05, 4.69) is 38.7 Å². The summed E-state index contributed by atoms with van der Waals surface area (Å²) in [5, 5.41) is 2.89. The third-order valence-electron chi connectivity index (χ3n) is 1.91. The average Bonchev–Trinajstić information content (AvgIpc) is 2.14. The summed E-state index contributed by atoms with van der Waals surface area (Å²) in [7, 11) is 0. The zero-order chi connectivity index (χ0) is 11.5. The highest BCUT2D eigenvalue weighted by atomic mass is 32.1. The van der Waals surface area contributed by atoms with Gasteiger partial charge in [0.05, 0.1) is 0 Å². The molecule has 82 valence electrons. The molecule has 0 radical (unpaired) electrons. The van der Waals surface area contributed by atoms with E-state index in [4.69, 9.17) is 0 Å². The van der Waals surface area contributed by atoms with Crippen molar-refractivity contribution in [3.8, 4) is 0 Å². The van der Waals surface area contributed by atoms with Gasteiger partial charge in [-0.25, -0.2) is 0 Å². The Morgan fingerprint density at radius 1 is 1.27 bits per heavy atom. The van der Waals surface area contributed by atoms with E-state index < -0.39 is 0 Å². The van der Waals surface area contributed by atoms with Gasteiger partial charge in [-0.2, -0.15) is 0 Å². The van der Waals surface area contributed by atoms with Crippen LogP contribution in [-0.2, 0) is 0 Å². The molecule has 0 spiro atoms. The van der Waals surface area contributed by atoms with Crippen molar-refractivity contribution >= 4 is 18.5 Å². The lowest BCUT2D eigenvalue weighted by Crippen LogP contribution is -2.32. The van der Waals surface area contributed by atoms with Gasteiger partial charge < -0.3 is 5.32 Å². The molecule has 0 saturated heterocycles. The first-order valence-corrected chi connectivity index (χ1v) is 5.40. The maximum absolute atomic E-state index is 11.7. The molecule has 0 aromatic heterocycles. The SMILES string of the molecule is CC(C)(C)CNC(=O)c1ccc(S)cc1. The number of hydrogen-bond acceptors (Lipinski definition) is 2. The lowest BCUT2D eigenvalue weighted by Gasteiger charge is -2.18. The summed E-state index contributed by atoms with van der Waals surface area (Å²) in [6.45, 7) is 6.94. The van der Waals surface area contributed by atoms with E-state index in [9.17, 15) is 4.79 Å². The van der Waals surface area contributed by atoms with Crippen LogP contribution >= 0.6 is 12.6 Å². The molecular weight excluding hydrogens is 206 g/mol. The molecule has 1 amide bonds. The van der Waals surface area contributed by atoms with Gasteiger partial charge in [-0.05, 0) is 29.7 Å². The van der Waals surface area contributed by atoms with Gasteiger partial charge in [0.1, 0.15) is 0 Å². The third kappa shape index (κ3) is 4.38. The molecule has 2 nitrogen and oxygen atoms in total. The Morgan fingerprint density at radius 3 is 2.27 bits per heavy atom. The molecule has 0 aliphatic rings. The van der Waals surface area contributed by atoms with Crippen LogP contribution in [0.4, 0.5) is 0 Å². The number of nitrogens with one attached hydrogen (secondary N) is 1. The van der Waals surface area contributed by atoms with Gasteiger partial charge in [0, 0.05) is 17.0 Å². The fourth-order valence-corrected chi connectivity index (χ4v) is 1.21. The maximum Gasteiger partial charge on any atom is 0.251 e. The number of hydrogen-bond donors (Lipinski definition) is 2. The van der Waals surface area contributed by atoms with Crippen LogP contribution in [0.1, 0.15) is 31.1 Å². The van der Waals surface area contributed by atoms with Crippen LogP contribution in [0.3, 0.4) is 0 Å². The van der Waals surface area contributed by atoms with Gasteiger partial charge in [-0.1, -0.05) is 20.8 Å². The van der Waals surface area contributed by atoms with Crippen molar-refractivity contribution in [2.45, 2.75) is 25.7 Å². The fraction of sp³-hybridized carbons (Fsp3) is 0.417. The molecule has 3 heteroatoms. The minimum atomic E-state index is -0.0294. The second-order valence-electron chi connectivity index (χ2n) is 4.79. The van der Waals surface area contributed by atoms with Crippen molar-refractivity contribution in [2.75, 3.05) is 6.54 Å². The highest BCUT2D eigenvalue weighted by Crippen LogP contribution is 2.11. The van der Waals surface area contributed by atoms with E-state index in [0.717, 1.165) is 4.90 Å². The third-order valence-corrected chi connectivity index (χ3v) is 2.21. The van der Waals surface area contributed by atoms with Gasteiger partial charge in [-0.15, -0.1) is 12.6 Å². The molecule has 1 aromatic rings. The number of carbonyl (C=O) groups is 1. The topological polar surface area (TPSA) is 29.1 Å². The summed E-state index contributed by atoms with van der Waals surface area (Å²) in [5.74, 6) is -0.0294. The van der Waals surface area contributed by atoms with Crippen LogP contribution in [0, 0.1) is 5.41 Å². The largest absolute Gasteiger partial charge is 0.352 e. The van der Waals surface area contributed by atoms with E-state index in [0.29, 0.717) is 12.1 Å². The second-order valence-corrected chi connectivity index (χ2v) is 5.31. The van der Waals surface area contributed by atoms with Crippen molar-refractivity contribution in [3.63, 3.8) is 0 Å². The quantitative estimate of drug-likeness (QED) is 0.742. The number of benzene rings is 1. The Labute approximate surface area is 96.5 Å². The van der Waals surface area contributed by atoms with Crippen LogP contribution < -0.4 is 5.32 Å². The maximum atomic E-state index is 11.7. The molecule has 0 atom stereocenters. The summed E-state index contributed by atoms with van der Waals surface area (Å²) in [6, 6.07) is 7.19. The Morgan fingerprint density at radius 2 is 1.80 bits per heavy atom. The summed E-state index contributed by atoms with van der Waals surface area (Å²) in [5.41, 5.74) is 0.788. The van der Waals surface area contributed by atoms with Gasteiger partial charge in [0.2, 0.25) is 0 Å². The van der Waals surface area contributed by atoms with Crippen molar-refractivity contribution in [3.05, 3.63) is 29.8 Å². The molecule has 0 fully saturated rings. The lowest BCUT2D eigenvalue weighted by molar-refractivity contribution is 0.0939. The Kier molecular flexibility index (Phi) is 3.80. The van der Waals surface area contributed by atoms with Crippen molar-refractivity contribution in [1.82, 2.24) is 5.32 Å². The lowest BCUT2D eigenvalue weighted by atomic mass is 9.97. The zero-order valence-corrected chi connectivity index (χ0v) is 10.3. The minimum Gasteiger partial charge on any atom is -0.352 e. The monoisotopic (exact) mass is 223 g/mol. The zero-order valence-electron chi connectivity index (χ0n) is 9.37. The van der Waals surface area contributed by atoms with Crippen molar-refractivity contribution < 1.29 is 4.79 Å². The van der Waals surface area contributed by atoms with E-state index in [-0.39, 0.29) is 11.3 Å². The van der Waals surface area contributed by atoms with Crippen LogP contribution in [0.2, 0.25) is 0 Å². The van der Waals surface area contributed by atoms with Crippen molar-refractivity contribution in [1.29, 1.82) is 0 Å². The Balaban J connectivity index is 2.58. The second kappa shape index (κ2) is 4.71. The summed E-state index contributed by atoms with van der Waals surface area (Å²) in [6.07, 6.45) is 0. The molecule has 0 aliphatic carbocycles. The normalized spacial score (nSPS) is 11.2. The van der Waals surface area contributed by atoms with E-state index >= 15 is 0 Å². The average molecular weight is 223 g/mol. The summed E-state index contributed by atoms with van der Waals surface area (Å²) < 4.78 is 0. The highest BCUT2D eigenvalue weighted by molar-refractivity contribution is 7.80. The number of carbonyl (C=O) groups excluding carboxylic acids is 1. The van der Waals surface area contributed by atoms with E-state index in [1.165, 1.54) is 0 Å². The van der Waals surface area contributed by atoms with Crippen LogP contribution in [0.5, 0.6) is 0 Å². The van der Waals surface area contributed by atoms with E-state index in [1.54, 1.807) is 12.1 Å². The Bertz CT molecular complexity index is 338. The van der Waals surface area contributed by atoms with Crippen LogP contribution in [0.25, 0.3) is 0 Å². The van der Waals surface area contributed by atoms with Gasteiger partial charge in [-0.3, -0.25) is 4.79 Å². The van der Waals surface area contributed by atoms with Crippen molar-refractivity contribution in [2.24, 2.45) is 5.41 Å². The van der Waals surface area contributed by atoms with Gasteiger partial charge >= 0.3 is 0 Å². The molecule has 15 heavy (non-hydrogen) atoms. The van der Waals surface area contributed by atoms with Crippen LogP contribution in [0.15, 0.2) is 29.2 Å².